The topological polar surface area (TPSA) is 591 Å². The smallest absolute Gasteiger partial charge is 0.314 e. The van der Waals surface area contributed by atoms with E-state index in [9.17, 15) is 112 Å². The molecular formula is C62H100O37. The van der Waals surface area contributed by atoms with Crippen molar-refractivity contribution in [3.8, 4) is 0 Å². The van der Waals surface area contributed by atoms with E-state index in [0.29, 0.717) is 44.1 Å². The van der Waals surface area contributed by atoms with Crippen LogP contribution in [0.4, 0.5) is 0 Å². The van der Waals surface area contributed by atoms with Crippen molar-refractivity contribution in [3.05, 3.63) is 12.2 Å². The Balaban J connectivity index is 0.867. The molecule has 37 heteroatoms. The average molecular weight is 1440 g/mol. The Hall–Kier alpha value is -2.19. The molecule has 570 valence electrons. The largest absolute Gasteiger partial charge is 0.432 e. The molecule has 22 N–H and O–H groups in total. The molecule has 11 rings (SSSR count). The van der Waals surface area contributed by atoms with Crippen molar-refractivity contribution in [2.24, 2.45) is 28.1 Å². The second-order valence-corrected chi connectivity index (χ2v) is 29.2. The van der Waals surface area contributed by atoms with Gasteiger partial charge in [0.05, 0.1) is 56.8 Å². The average Bonchev–Trinajstić information content (AvgIpc) is 1.58. The second kappa shape index (κ2) is 30.6. The van der Waals surface area contributed by atoms with Crippen LogP contribution in [0.25, 0.3) is 0 Å². The molecule has 41 atom stereocenters. The van der Waals surface area contributed by atoms with E-state index in [1.165, 1.54) is 6.92 Å². The van der Waals surface area contributed by atoms with Crippen LogP contribution in [0.2, 0.25) is 0 Å². The van der Waals surface area contributed by atoms with Gasteiger partial charge >= 0.3 is 5.97 Å². The predicted octanol–water partition coefficient (Wildman–Crippen LogP) is -10.6. The van der Waals surface area contributed by atoms with Gasteiger partial charge in [-0.1, -0.05) is 19.9 Å². The first-order chi connectivity index (χ1) is 46.8. The Labute approximate surface area is 566 Å². The van der Waals surface area contributed by atoms with Gasteiger partial charge < -0.3 is 179 Å². The number of ether oxygens (including phenoxy) is 14. The van der Waals surface area contributed by atoms with Gasteiger partial charge in [-0.25, -0.2) is 0 Å². The van der Waals surface area contributed by atoms with Crippen LogP contribution in [0.3, 0.4) is 0 Å². The minimum absolute atomic E-state index is 0.192. The van der Waals surface area contributed by atoms with Crippen LogP contribution < -0.4 is 0 Å². The maximum Gasteiger partial charge on any atom is 0.314 e. The molecule has 1 spiro atoms. The molecule has 11 aliphatic rings. The van der Waals surface area contributed by atoms with Crippen LogP contribution in [0, 0.1) is 28.1 Å². The van der Waals surface area contributed by atoms with Crippen molar-refractivity contribution in [1.82, 2.24) is 0 Å². The number of carbonyl (C=O) groups is 1. The van der Waals surface area contributed by atoms with Gasteiger partial charge in [-0.15, -0.1) is 0 Å². The fraction of sp³-hybridized carbons (Fsp3) is 0.952. The summed E-state index contributed by atoms with van der Waals surface area (Å²) in [7, 11) is 0. The van der Waals surface area contributed by atoms with Crippen molar-refractivity contribution < 1.29 is 183 Å². The second-order valence-electron chi connectivity index (χ2n) is 29.2. The standard InChI is InChI=1S/C62H100O37/c1-20-12-61-10-6-28-59(3,29(61)7-11-62(20,19-61)99-57-50(97-54-44(83)40(79)34(73)25(16-66)90-54)48(36(75)27(18-68)92-57)95-53-43(82)39(78)33(72)24(15-65)89-53)8-5-9-60(28,4)58(85)98-56-49(47(35(74)26(17-67)91-56)94-52-42(81)38(77)32(71)23(14-64)88-52)96-55-45(84)46(30(69)21(2)86-55)93-51-41(80)37(76)31(70)22(13-63)87-51/h21-57,63-84H,1,5-19H2,2-4H3/t21-,22+,23-,24-,25+,26-,27-,28+,29+,30-,31+,32-,33-,34+,35-,36-,37-,38+,39+,40-,41+,42-,43-,44+,45+,46+,47+,48+,49-,50-,51-,52+,53+,54-,55-,56+,57+,59-,60-,61-,62+/m1/s1. The Morgan fingerprint density at radius 2 is 0.768 bits per heavy atom. The number of hydrogen-bond acceptors (Lipinski definition) is 37. The monoisotopic (exact) mass is 1440 g/mol. The van der Waals surface area contributed by atoms with Gasteiger partial charge in [0.15, 0.2) is 43.8 Å². The third kappa shape index (κ3) is 14.0. The molecule has 2 bridgehead atoms. The molecule has 0 aromatic heterocycles. The lowest BCUT2D eigenvalue weighted by Gasteiger charge is -2.64. The lowest BCUT2D eigenvalue weighted by Crippen LogP contribution is -2.68. The predicted molar refractivity (Wildman–Crippen MR) is 316 cm³/mol. The van der Waals surface area contributed by atoms with Crippen LogP contribution in [-0.4, -0.2) is 378 Å². The number of carbonyl (C=O) groups excluding carboxylic acids is 1. The zero-order valence-corrected chi connectivity index (χ0v) is 54.6. The van der Waals surface area contributed by atoms with Gasteiger partial charge in [0, 0.05) is 0 Å². The van der Waals surface area contributed by atoms with E-state index in [2.05, 4.69) is 13.5 Å². The Morgan fingerprint density at radius 3 is 1.20 bits per heavy atom. The summed E-state index contributed by atoms with van der Waals surface area (Å²) in [6.45, 7) is 4.24. The summed E-state index contributed by atoms with van der Waals surface area (Å²) in [5, 5.41) is 239. The minimum atomic E-state index is -2.15. The molecule has 99 heavy (non-hydrogen) atoms. The maximum atomic E-state index is 15.7. The summed E-state index contributed by atoms with van der Waals surface area (Å²) in [4.78, 5) is 15.7. The number of rotatable bonds is 20. The number of hydrogen-bond donors (Lipinski definition) is 22. The molecule has 4 saturated carbocycles. The lowest BCUT2D eigenvalue weighted by atomic mass is 9.41. The highest BCUT2D eigenvalue weighted by molar-refractivity contribution is 5.77. The fourth-order valence-corrected chi connectivity index (χ4v) is 17.9. The van der Waals surface area contributed by atoms with E-state index in [1.54, 1.807) is 6.92 Å². The molecule has 11 fully saturated rings. The number of esters is 1. The van der Waals surface area contributed by atoms with E-state index in [0.717, 1.165) is 0 Å². The SMILES string of the molecule is C=C1C[C@@]23CC[C@H]4[C@@](C)(CCC[C@@]4(C)C(=O)O[C@@H]4O[C@H](CO)[C@@H](O)[C@H](O[C@@H]5O[C@H](CO)[C@@H](O)[C@H](O)[C@H]5O)[C@H]4O[C@H]4O[C@H](C)[C@@H](O)[C@H](O[C@H]5O[C@@H](CO)[C@H](O)[C@@H](O)[C@@H]5O)[C@@H]4O)[C@@H]2CC[C@]1(O[C@@H]1O[C@H](CO)[C@@H](O)[C@H](O[C@@H]2O[C@H](CO)[C@@H](O)[C@H](O)[C@H]2O)[C@H]1O[C@H]1O[C@@H](CO)[C@H](O)[C@@H](O)[C@@H]1O)C3. The van der Waals surface area contributed by atoms with E-state index in [4.69, 9.17) is 66.3 Å². The molecule has 0 aromatic rings. The summed E-state index contributed by atoms with van der Waals surface area (Å²) in [6, 6.07) is 0. The molecule has 7 saturated heterocycles. The summed E-state index contributed by atoms with van der Waals surface area (Å²) in [5.41, 5.74) is -3.42. The third-order valence-electron chi connectivity index (χ3n) is 23.4. The van der Waals surface area contributed by atoms with E-state index >= 15 is 4.79 Å². The normalized spacial score (nSPS) is 54.9. The summed E-state index contributed by atoms with van der Waals surface area (Å²) < 4.78 is 85.3. The first-order valence-electron chi connectivity index (χ1n) is 33.8. The van der Waals surface area contributed by atoms with Crippen LogP contribution >= 0.6 is 0 Å². The van der Waals surface area contributed by atoms with Crippen molar-refractivity contribution in [3.63, 3.8) is 0 Å². The van der Waals surface area contributed by atoms with Crippen molar-refractivity contribution in [2.45, 2.75) is 299 Å². The van der Waals surface area contributed by atoms with Crippen molar-refractivity contribution >= 4 is 5.97 Å². The Bertz CT molecular complexity index is 2700. The highest BCUT2D eigenvalue weighted by Gasteiger charge is 2.70. The fourth-order valence-electron chi connectivity index (χ4n) is 17.9. The summed E-state index contributed by atoms with van der Waals surface area (Å²) in [5.74, 6) is -1.55. The van der Waals surface area contributed by atoms with Crippen molar-refractivity contribution in [1.29, 1.82) is 0 Å². The van der Waals surface area contributed by atoms with Crippen LogP contribution in [0.1, 0.15) is 78.6 Å². The van der Waals surface area contributed by atoms with Crippen LogP contribution in [-0.2, 0) is 71.1 Å². The maximum absolute atomic E-state index is 15.7. The van der Waals surface area contributed by atoms with Gasteiger partial charge in [0.2, 0.25) is 6.29 Å². The highest BCUT2D eigenvalue weighted by atomic mass is 16.8. The van der Waals surface area contributed by atoms with Gasteiger partial charge in [-0.2, -0.15) is 0 Å². The quantitative estimate of drug-likeness (QED) is 0.0306. The molecule has 0 unspecified atom stereocenters. The van der Waals surface area contributed by atoms with Crippen molar-refractivity contribution in [2.75, 3.05) is 39.6 Å². The van der Waals surface area contributed by atoms with Gasteiger partial charge in [-0.05, 0) is 93.5 Å². The molecule has 37 nitrogen and oxygen atoms in total. The van der Waals surface area contributed by atoms with E-state index in [-0.39, 0.29) is 25.2 Å². The highest BCUT2D eigenvalue weighted by Crippen LogP contribution is 2.74. The summed E-state index contributed by atoms with van der Waals surface area (Å²) >= 11 is 0. The zero-order chi connectivity index (χ0) is 72.0. The molecular weight excluding hydrogens is 1340 g/mol. The molecule has 4 aliphatic carbocycles. The van der Waals surface area contributed by atoms with E-state index < -0.39 is 288 Å². The van der Waals surface area contributed by atoms with Crippen LogP contribution in [0.15, 0.2) is 12.2 Å². The Kier molecular flexibility index (Phi) is 24.1. The molecule has 7 heterocycles. The van der Waals surface area contributed by atoms with Gasteiger partial charge in [0.1, 0.15) is 159 Å². The molecule has 0 radical (unpaired) electrons. The van der Waals surface area contributed by atoms with Gasteiger partial charge in [-0.3, -0.25) is 4.79 Å². The number of aliphatic hydroxyl groups is 22. The first kappa shape index (κ1) is 77.9. The number of aliphatic hydroxyl groups excluding tert-OH is 22. The van der Waals surface area contributed by atoms with Crippen LogP contribution in [0.5, 0.6) is 0 Å². The molecule has 0 amide bonds. The number of fused-ring (bicyclic) bond motifs is 3. The summed E-state index contributed by atoms with van der Waals surface area (Å²) in [6.07, 6.45) is -61.9. The van der Waals surface area contributed by atoms with E-state index in [1.807, 2.05) is 0 Å². The third-order valence-corrected chi connectivity index (χ3v) is 23.4. The zero-order valence-electron chi connectivity index (χ0n) is 54.6. The molecule has 7 aliphatic heterocycles. The minimum Gasteiger partial charge on any atom is -0.432 e. The lowest BCUT2D eigenvalue weighted by molar-refractivity contribution is -0.400. The first-order valence-corrected chi connectivity index (χ1v) is 33.8. The van der Waals surface area contributed by atoms with Gasteiger partial charge in [0.25, 0.3) is 0 Å². The molecule has 0 aromatic carbocycles. The Morgan fingerprint density at radius 1 is 0.404 bits per heavy atom.